The topological polar surface area (TPSA) is 136 Å². The highest BCUT2D eigenvalue weighted by molar-refractivity contribution is 5.93. The summed E-state index contributed by atoms with van der Waals surface area (Å²) < 4.78 is 1.50. The molecule has 0 radical (unpaired) electrons. The van der Waals surface area contributed by atoms with Crippen LogP contribution in [0.25, 0.3) is 0 Å². The van der Waals surface area contributed by atoms with Crippen LogP contribution in [0.1, 0.15) is 75.4 Å². The summed E-state index contributed by atoms with van der Waals surface area (Å²) >= 11 is 0. The molecule has 4 rings (SSSR count). The minimum Gasteiger partial charge on any atom is -0.858 e. The molecule has 3 N–H and O–H groups in total. The Balaban J connectivity index is 0.000000915. The van der Waals surface area contributed by atoms with E-state index in [2.05, 4.69) is 86.5 Å². The van der Waals surface area contributed by atoms with Gasteiger partial charge in [-0.25, -0.2) is 0 Å². The van der Waals surface area contributed by atoms with Crippen LogP contribution in [0.2, 0.25) is 0 Å². The Morgan fingerprint density at radius 2 is 0.944 bits per heavy atom. The van der Waals surface area contributed by atoms with E-state index in [4.69, 9.17) is 9.90 Å². The third kappa shape index (κ3) is 16.0. The summed E-state index contributed by atoms with van der Waals surface area (Å²) in [6.07, 6.45) is 0. The minimum atomic E-state index is -1.08. The Morgan fingerprint density at radius 1 is 0.593 bits per heavy atom. The van der Waals surface area contributed by atoms with Crippen molar-refractivity contribution in [1.82, 2.24) is 0 Å². The molecule has 54 heavy (non-hydrogen) atoms. The molecule has 4 aromatic carbocycles. The van der Waals surface area contributed by atoms with Crippen LogP contribution in [0.5, 0.6) is 0 Å². The number of nitrogens with one attached hydrogen (secondary N) is 1. The fraction of sp³-hybridized carbons (Fsp3) is 0.400. The number of benzene rings is 4. The molecule has 0 aliphatic heterocycles. The number of carboxylic acids is 1. The van der Waals surface area contributed by atoms with E-state index in [9.17, 15) is 9.90 Å². The fourth-order valence-corrected chi connectivity index (χ4v) is 6.32. The molecule has 9 heteroatoms. The van der Waals surface area contributed by atoms with Crippen LogP contribution in [-0.4, -0.2) is 71.5 Å². The Hall–Kier alpha value is -4.83. The number of aryl methyl sites for hydroxylation is 4. The van der Waals surface area contributed by atoms with Crippen molar-refractivity contribution >= 4 is 29.1 Å². The number of aliphatic carboxylic acids is 1. The first-order valence-corrected chi connectivity index (χ1v) is 18.3. The molecule has 0 saturated heterocycles. The Bertz CT molecular complexity index is 1670. The summed E-state index contributed by atoms with van der Waals surface area (Å²) in [5.41, 5.74) is 8.65. The van der Waals surface area contributed by atoms with E-state index in [1.807, 2.05) is 76.2 Å². The highest BCUT2D eigenvalue weighted by atomic mass is 16.4. The van der Waals surface area contributed by atoms with Crippen LogP contribution in [-0.2, 0) is 22.7 Å². The Kier molecular flexibility index (Phi) is 22.3. The minimum absolute atomic E-state index is 0. The lowest BCUT2D eigenvalue weighted by atomic mass is 10.1. The van der Waals surface area contributed by atoms with Gasteiger partial charge in [0.2, 0.25) is 0 Å². The van der Waals surface area contributed by atoms with Crippen molar-refractivity contribution in [2.24, 2.45) is 4.99 Å². The highest BCUT2D eigenvalue weighted by Crippen LogP contribution is 2.24. The van der Waals surface area contributed by atoms with Gasteiger partial charge in [0.15, 0.2) is 6.54 Å². The van der Waals surface area contributed by atoms with Gasteiger partial charge >= 0.3 is 0 Å². The summed E-state index contributed by atoms with van der Waals surface area (Å²) in [7, 11) is 0. The number of carboxylic acid groups (broad SMARTS) is 1. The first-order valence-electron chi connectivity index (χ1n) is 18.3. The van der Waals surface area contributed by atoms with Crippen LogP contribution in [0.4, 0.5) is 11.4 Å². The van der Waals surface area contributed by atoms with Gasteiger partial charge < -0.3 is 34.8 Å². The van der Waals surface area contributed by atoms with Crippen molar-refractivity contribution in [3.8, 4) is 0 Å². The van der Waals surface area contributed by atoms with E-state index in [0.717, 1.165) is 88.8 Å². The molecule has 1 amide bonds. The Labute approximate surface area is 325 Å². The summed E-state index contributed by atoms with van der Waals surface area (Å²) in [6, 6.07) is 32.9. The zero-order valence-corrected chi connectivity index (χ0v) is 33.4. The van der Waals surface area contributed by atoms with Gasteiger partial charge in [-0.05, 0) is 84.6 Å². The second kappa shape index (κ2) is 24.5. The smallest absolute Gasteiger partial charge is 0.279 e. The van der Waals surface area contributed by atoms with E-state index < -0.39 is 5.97 Å². The summed E-state index contributed by atoms with van der Waals surface area (Å²) in [6.45, 7) is 24.1. The normalized spacial score (nSPS) is 11.0. The number of anilines is 1. The molecule has 0 fully saturated rings. The predicted octanol–water partition coefficient (Wildman–Crippen LogP) is 6.62. The van der Waals surface area contributed by atoms with Crippen LogP contribution >= 0.6 is 0 Å². The van der Waals surface area contributed by atoms with Gasteiger partial charge in [0.05, 0.1) is 31.9 Å². The number of para-hydroxylation sites is 2. The maximum atomic E-state index is 12.7. The average molecular weight is 743 g/mol. The maximum Gasteiger partial charge on any atom is 0.279 e. The molecule has 4 aromatic rings. The number of likely N-dealkylation sites (N-methyl/N-ethyl adjacent to an activating group) is 2. The zero-order valence-electron chi connectivity index (χ0n) is 33.4. The van der Waals surface area contributed by atoms with Crippen molar-refractivity contribution in [2.75, 3.05) is 44.6 Å². The number of nitrogens with zero attached hydrogens (tertiary/aromatic N) is 3. The highest BCUT2D eigenvalue weighted by Gasteiger charge is 2.28. The summed E-state index contributed by atoms with van der Waals surface area (Å²) in [5.74, 6) is -1.03. The van der Waals surface area contributed by atoms with E-state index >= 15 is 0 Å². The van der Waals surface area contributed by atoms with Gasteiger partial charge in [-0.1, -0.05) is 104 Å². The number of carbonyl (C=O) groups excluding carboxylic acids is 2. The molecular formula is C45H66N4O5. The lowest BCUT2D eigenvalue weighted by Gasteiger charge is -2.38. The molecule has 0 aliphatic carbocycles. The third-order valence-electron chi connectivity index (χ3n) is 9.78. The molecule has 0 atom stereocenters. The van der Waals surface area contributed by atoms with Crippen LogP contribution in [0.15, 0.2) is 102 Å². The van der Waals surface area contributed by atoms with Crippen molar-refractivity contribution in [3.63, 3.8) is 0 Å². The van der Waals surface area contributed by atoms with E-state index in [0.29, 0.717) is 13.1 Å². The molecule has 296 valence electrons. The summed E-state index contributed by atoms with van der Waals surface area (Å²) in [4.78, 5) is 26.0. The monoisotopic (exact) mass is 743 g/mol. The van der Waals surface area contributed by atoms with Gasteiger partial charge in [0.1, 0.15) is 19.6 Å². The van der Waals surface area contributed by atoms with Crippen molar-refractivity contribution < 1.29 is 34.2 Å². The quantitative estimate of drug-likeness (QED) is 0.0883. The lowest BCUT2D eigenvalue weighted by molar-refractivity contribution is -0.931. The van der Waals surface area contributed by atoms with E-state index in [1.54, 1.807) is 0 Å². The van der Waals surface area contributed by atoms with E-state index in [-0.39, 0.29) is 24.7 Å². The average Bonchev–Trinajstić information content (AvgIpc) is 3.12. The zero-order chi connectivity index (χ0) is 38.7. The molecule has 0 aliphatic rings. The van der Waals surface area contributed by atoms with Gasteiger partial charge in [0.25, 0.3) is 5.91 Å². The fourth-order valence-electron chi connectivity index (χ4n) is 6.32. The first kappa shape index (κ1) is 49.2. The summed E-state index contributed by atoms with van der Waals surface area (Å²) in [5, 5.41) is 24.7. The Morgan fingerprint density at radius 3 is 1.31 bits per heavy atom. The number of carbonyl (C=O) groups is 2. The molecule has 0 bridgehead atoms. The van der Waals surface area contributed by atoms with E-state index in [1.165, 1.54) is 11.1 Å². The van der Waals surface area contributed by atoms with Gasteiger partial charge in [0, 0.05) is 28.7 Å². The van der Waals surface area contributed by atoms with Crippen LogP contribution < -0.4 is 15.5 Å². The molecule has 0 spiro atoms. The van der Waals surface area contributed by atoms with Crippen LogP contribution in [0.3, 0.4) is 0 Å². The third-order valence-corrected chi connectivity index (χ3v) is 9.78. The van der Waals surface area contributed by atoms with Crippen molar-refractivity contribution in [1.29, 1.82) is 0 Å². The number of rotatable bonds is 14. The lowest BCUT2D eigenvalue weighted by Crippen LogP contribution is -2.52. The molecule has 0 unspecified atom stereocenters. The maximum absolute atomic E-state index is 12.7. The molecule has 0 saturated carbocycles. The first-order chi connectivity index (χ1) is 24.7. The SMILES string of the molecule is C.CC(=O)[O-].CC[N+](CC)(CC(=O)Nc1c(C)cccc1C)Cc1ccccc1.CC[N+](CC)(CC([O-])=Nc1c(C)cccc1C)Cc1ccccc1.O. The molecule has 9 nitrogen and oxygen atoms in total. The number of hydrogen-bond acceptors (Lipinski definition) is 5. The molecule has 0 aromatic heterocycles. The van der Waals surface area contributed by atoms with Crippen LogP contribution in [0, 0.1) is 27.7 Å². The van der Waals surface area contributed by atoms with Crippen molar-refractivity contribution in [3.05, 3.63) is 130 Å². The van der Waals surface area contributed by atoms with Gasteiger partial charge in [-0.15, -0.1) is 0 Å². The molecule has 0 heterocycles. The number of hydrogen-bond donors (Lipinski definition) is 1. The van der Waals surface area contributed by atoms with Gasteiger partial charge in [-0.2, -0.15) is 0 Å². The number of quaternary nitrogens is 2. The number of aliphatic imine (C=N–C) groups is 1. The second-order valence-corrected chi connectivity index (χ2v) is 13.6. The van der Waals surface area contributed by atoms with Gasteiger partial charge in [-0.3, -0.25) is 9.79 Å². The number of amides is 1. The standard InChI is InChI=1S/2C21H28N2O.C2H4O2.CH4.H2O/c2*1-5-23(6-2,15-19-13-8-7-9-14-19)16-20(24)22-21-17(3)11-10-12-18(21)4;1-2(3)4;;/h2*7-14H,5-6,15-16H2,1-4H3;1H3,(H,3,4);1H4;1H2. The van der Waals surface area contributed by atoms with Crippen molar-refractivity contribution in [2.45, 2.75) is 82.8 Å². The largest absolute Gasteiger partial charge is 0.858 e. The second-order valence-electron chi connectivity index (χ2n) is 13.6. The predicted molar refractivity (Wildman–Crippen MR) is 221 cm³/mol. The molecular weight excluding hydrogens is 677 g/mol.